The Kier molecular flexibility index (Phi) is 6.46. The molecule has 8 nitrogen and oxygen atoms in total. The van der Waals surface area contributed by atoms with Gasteiger partial charge in [-0.1, -0.05) is 48.5 Å². The third-order valence-electron chi connectivity index (χ3n) is 5.84. The van der Waals surface area contributed by atoms with E-state index in [1.165, 1.54) is 4.90 Å². The second-order valence-electron chi connectivity index (χ2n) is 8.28. The van der Waals surface area contributed by atoms with Gasteiger partial charge in [0.25, 0.3) is 11.8 Å². The summed E-state index contributed by atoms with van der Waals surface area (Å²) in [4.78, 5) is 40.0. The minimum atomic E-state index is -0.553. The summed E-state index contributed by atoms with van der Waals surface area (Å²) < 4.78 is 7.04. The van der Waals surface area contributed by atoms with Gasteiger partial charge in [-0.15, -0.1) is 0 Å². The molecule has 36 heavy (non-hydrogen) atoms. The number of nitrogens with zero attached hydrogens (tertiary/aromatic N) is 2. The summed E-state index contributed by atoms with van der Waals surface area (Å²) in [6.45, 7) is 0.594. The average molecular weight is 499 g/mol. The number of carbonyl (C=O) groups excluding carboxylic acids is 3. The number of benzene rings is 2. The zero-order valence-corrected chi connectivity index (χ0v) is 20.0. The molecular formula is C27H22N4O4S. The number of furan rings is 1. The molecule has 1 aliphatic rings. The fourth-order valence-electron chi connectivity index (χ4n) is 4.09. The SMILES string of the molecule is O=C(Cn1cc(/C=C2\C(=O)NC(=S)N(Cc3ccccc3)C2=O)c2ccccc21)NCc1ccco1. The number of thiocarbonyl (C=S) groups is 1. The summed E-state index contributed by atoms with van der Waals surface area (Å²) in [6.07, 6.45) is 4.87. The Balaban J connectivity index is 1.42. The highest BCUT2D eigenvalue weighted by Crippen LogP contribution is 2.25. The van der Waals surface area contributed by atoms with Gasteiger partial charge in [-0.2, -0.15) is 0 Å². The maximum absolute atomic E-state index is 13.3. The fourth-order valence-corrected chi connectivity index (χ4v) is 4.33. The summed E-state index contributed by atoms with van der Waals surface area (Å²) in [5.41, 5.74) is 2.32. The molecule has 2 aromatic carbocycles. The zero-order valence-electron chi connectivity index (χ0n) is 19.1. The number of fused-ring (bicyclic) bond motifs is 1. The quantitative estimate of drug-likeness (QED) is 0.231. The van der Waals surface area contributed by atoms with Crippen molar-refractivity contribution in [2.75, 3.05) is 0 Å². The molecule has 4 aromatic rings. The van der Waals surface area contributed by atoms with E-state index in [2.05, 4.69) is 10.6 Å². The van der Waals surface area contributed by atoms with E-state index in [1.807, 2.05) is 54.6 Å². The highest BCUT2D eigenvalue weighted by Gasteiger charge is 2.33. The molecule has 0 bridgehead atoms. The van der Waals surface area contributed by atoms with Gasteiger partial charge in [-0.05, 0) is 42.1 Å². The van der Waals surface area contributed by atoms with Crippen molar-refractivity contribution in [2.45, 2.75) is 19.6 Å². The molecule has 1 saturated heterocycles. The molecule has 5 rings (SSSR count). The lowest BCUT2D eigenvalue weighted by atomic mass is 10.1. The van der Waals surface area contributed by atoms with Crippen LogP contribution in [0.15, 0.2) is 89.2 Å². The lowest BCUT2D eigenvalue weighted by Gasteiger charge is -2.29. The van der Waals surface area contributed by atoms with Crippen LogP contribution in [0.1, 0.15) is 16.9 Å². The maximum Gasteiger partial charge on any atom is 0.265 e. The Morgan fingerprint density at radius 1 is 1.03 bits per heavy atom. The molecule has 3 amide bonds. The van der Waals surface area contributed by atoms with Crippen LogP contribution in [-0.2, 0) is 34.0 Å². The van der Waals surface area contributed by atoms with Gasteiger partial charge < -0.3 is 14.3 Å². The van der Waals surface area contributed by atoms with Crippen molar-refractivity contribution < 1.29 is 18.8 Å². The summed E-state index contributed by atoms with van der Waals surface area (Å²) >= 11 is 5.27. The van der Waals surface area contributed by atoms with Crippen LogP contribution in [0.25, 0.3) is 17.0 Å². The van der Waals surface area contributed by atoms with Gasteiger partial charge in [-0.3, -0.25) is 24.6 Å². The predicted molar refractivity (Wildman–Crippen MR) is 138 cm³/mol. The third-order valence-corrected chi connectivity index (χ3v) is 6.16. The largest absolute Gasteiger partial charge is 0.467 e. The topological polar surface area (TPSA) is 96.6 Å². The zero-order chi connectivity index (χ0) is 25.1. The molecule has 2 N–H and O–H groups in total. The Bertz CT molecular complexity index is 1490. The van der Waals surface area contributed by atoms with Crippen LogP contribution in [-0.4, -0.2) is 32.3 Å². The highest BCUT2D eigenvalue weighted by molar-refractivity contribution is 7.80. The highest BCUT2D eigenvalue weighted by atomic mass is 32.1. The molecule has 1 fully saturated rings. The van der Waals surface area contributed by atoms with Crippen LogP contribution >= 0.6 is 12.2 Å². The molecule has 3 heterocycles. The van der Waals surface area contributed by atoms with E-state index >= 15 is 0 Å². The van der Waals surface area contributed by atoms with Crippen molar-refractivity contribution in [1.82, 2.24) is 20.1 Å². The third kappa shape index (κ3) is 4.82. The van der Waals surface area contributed by atoms with E-state index in [9.17, 15) is 14.4 Å². The molecule has 2 aromatic heterocycles. The van der Waals surface area contributed by atoms with Crippen LogP contribution in [0.4, 0.5) is 0 Å². The van der Waals surface area contributed by atoms with Crippen molar-refractivity contribution in [3.63, 3.8) is 0 Å². The maximum atomic E-state index is 13.3. The summed E-state index contributed by atoms with van der Waals surface area (Å²) in [6, 6.07) is 20.5. The molecule has 0 spiro atoms. The number of hydrogen-bond donors (Lipinski definition) is 2. The van der Waals surface area contributed by atoms with Crippen molar-refractivity contribution in [2.24, 2.45) is 0 Å². The standard InChI is InChI=1S/C27H22N4O4S/c32-24(28-14-20-9-6-12-35-20)17-30-16-19(21-10-4-5-11-23(21)30)13-22-25(33)29-27(36)31(26(22)34)15-18-7-2-1-3-8-18/h1-13,16H,14-15,17H2,(H,28,32)(H,29,33,36)/b22-13+. The molecule has 1 aliphatic heterocycles. The summed E-state index contributed by atoms with van der Waals surface area (Å²) in [5, 5.41) is 6.33. The lowest BCUT2D eigenvalue weighted by molar-refractivity contribution is -0.129. The predicted octanol–water partition coefficient (Wildman–Crippen LogP) is 3.38. The van der Waals surface area contributed by atoms with E-state index in [4.69, 9.17) is 16.6 Å². The molecule has 0 atom stereocenters. The molecule has 0 radical (unpaired) electrons. The first-order chi connectivity index (χ1) is 17.5. The van der Waals surface area contributed by atoms with Crippen LogP contribution in [0.2, 0.25) is 0 Å². The number of carbonyl (C=O) groups is 3. The number of aromatic nitrogens is 1. The Morgan fingerprint density at radius 3 is 2.58 bits per heavy atom. The summed E-state index contributed by atoms with van der Waals surface area (Å²) in [5.74, 6) is -0.564. The first-order valence-corrected chi connectivity index (χ1v) is 11.7. The monoisotopic (exact) mass is 498 g/mol. The number of hydrogen-bond acceptors (Lipinski definition) is 5. The van der Waals surface area contributed by atoms with Gasteiger partial charge in [0.1, 0.15) is 17.9 Å². The summed E-state index contributed by atoms with van der Waals surface area (Å²) in [7, 11) is 0. The molecular weight excluding hydrogens is 476 g/mol. The first kappa shape index (κ1) is 23.3. The van der Waals surface area contributed by atoms with E-state index in [1.54, 1.807) is 35.2 Å². The Morgan fingerprint density at radius 2 is 1.81 bits per heavy atom. The van der Waals surface area contributed by atoms with Crippen molar-refractivity contribution in [3.8, 4) is 0 Å². The molecule has 0 saturated carbocycles. The number of amides is 3. The van der Waals surface area contributed by atoms with Crippen LogP contribution in [0.5, 0.6) is 0 Å². The Labute approximate surface area is 212 Å². The number of nitrogens with one attached hydrogen (secondary N) is 2. The van der Waals surface area contributed by atoms with Gasteiger partial charge in [0, 0.05) is 22.7 Å². The van der Waals surface area contributed by atoms with E-state index in [0.717, 1.165) is 16.5 Å². The molecule has 9 heteroatoms. The van der Waals surface area contributed by atoms with Crippen LogP contribution in [0, 0.1) is 0 Å². The van der Waals surface area contributed by atoms with E-state index in [0.29, 0.717) is 11.3 Å². The lowest BCUT2D eigenvalue weighted by Crippen LogP contribution is -2.53. The molecule has 0 unspecified atom stereocenters. The van der Waals surface area contributed by atoms with Crippen molar-refractivity contribution in [3.05, 3.63) is 102 Å². The van der Waals surface area contributed by atoms with Crippen LogP contribution in [0.3, 0.4) is 0 Å². The molecule has 180 valence electrons. The number of rotatable bonds is 7. The minimum absolute atomic E-state index is 0.0234. The fraction of sp³-hybridized carbons (Fsp3) is 0.111. The van der Waals surface area contributed by atoms with Crippen molar-refractivity contribution in [1.29, 1.82) is 0 Å². The van der Waals surface area contributed by atoms with Gasteiger partial charge in [-0.25, -0.2) is 0 Å². The number of para-hydroxylation sites is 1. The average Bonchev–Trinajstić information content (AvgIpc) is 3.52. The van der Waals surface area contributed by atoms with Gasteiger partial charge in [0.2, 0.25) is 5.91 Å². The van der Waals surface area contributed by atoms with E-state index in [-0.39, 0.29) is 36.2 Å². The van der Waals surface area contributed by atoms with Gasteiger partial charge in [0.05, 0.1) is 19.4 Å². The van der Waals surface area contributed by atoms with Crippen molar-refractivity contribution >= 4 is 52.0 Å². The second-order valence-corrected chi connectivity index (χ2v) is 8.67. The van der Waals surface area contributed by atoms with Crippen LogP contribution < -0.4 is 10.6 Å². The molecule has 0 aliphatic carbocycles. The van der Waals surface area contributed by atoms with E-state index < -0.39 is 11.8 Å². The minimum Gasteiger partial charge on any atom is -0.467 e. The smallest absolute Gasteiger partial charge is 0.265 e. The van der Waals surface area contributed by atoms with Gasteiger partial charge >= 0.3 is 0 Å². The normalized spacial score (nSPS) is 14.9. The first-order valence-electron chi connectivity index (χ1n) is 11.3. The van der Waals surface area contributed by atoms with Gasteiger partial charge in [0.15, 0.2) is 5.11 Å². The second kappa shape index (κ2) is 10.0. The Hall–Kier alpha value is -4.50.